The number of carbonyl (C=O) groups is 1. The summed E-state index contributed by atoms with van der Waals surface area (Å²) in [4.78, 5) is 16.0. The largest absolute Gasteiger partial charge is 0.374 e. The van der Waals surface area contributed by atoms with Gasteiger partial charge in [-0.15, -0.1) is 0 Å². The highest BCUT2D eigenvalue weighted by molar-refractivity contribution is 6.31. The quantitative estimate of drug-likeness (QED) is 0.281. The second-order valence-corrected chi connectivity index (χ2v) is 12.6. The molecule has 2 bridgehead atoms. The number of allylic oxidation sites excluding steroid dienone is 2. The van der Waals surface area contributed by atoms with E-state index in [9.17, 15) is 9.90 Å². The highest BCUT2D eigenvalue weighted by atomic mass is 16.6. The molecule has 214 valence electrons. The average molecular weight is 563 g/mol. The van der Waals surface area contributed by atoms with E-state index in [-0.39, 0.29) is 24.3 Å². The summed E-state index contributed by atoms with van der Waals surface area (Å²) in [6, 6.07) is 16.6. The van der Waals surface area contributed by atoms with Crippen molar-refractivity contribution in [2.24, 2.45) is 0 Å². The van der Waals surface area contributed by atoms with Crippen LogP contribution in [-0.4, -0.2) is 51.4 Å². The molecule has 0 radical (unpaired) electrons. The lowest BCUT2D eigenvalue weighted by molar-refractivity contribution is -0.265. The number of benzene rings is 3. The number of fused-ring (bicyclic) bond motifs is 13. The molecular formula is C34H34N4O4. The predicted molar refractivity (Wildman–Crippen MR) is 162 cm³/mol. The Labute approximate surface area is 243 Å². The molecule has 3 aromatic carbocycles. The van der Waals surface area contributed by atoms with Crippen LogP contribution in [-0.2, 0) is 15.2 Å². The third-order valence-corrected chi connectivity index (χ3v) is 10.7. The number of aliphatic hydroxyl groups is 1. The summed E-state index contributed by atoms with van der Waals surface area (Å²) in [7, 11) is 3.99. The van der Waals surface area contributed by atoms with Gasteiger partial charge < -0.3 is 33.9 Å². The molecule has 9 rings (SSSR count). The minimum absolute atomic E-state index is 0.0364. The van der Waals surface area contributed by atoms with Crippen LogP contribution in [0, 0.1) is 0 Å². The molecule has 1 aliphatic carbocycles. The smallest absolute Gasteiger partial charge is 0.254 e. The number of ether oxygens (including phenoxy) is 2. The summed E-state index contributed by atoms with van der Waals surface area (Å²) in [5, 5.41) is 17.9. The van der Waals surface area contributed by atoms with Crippen molar-refractivity contribution < 1.29 is 19.4 Å². The number of likely N-dealkylation sites (N-methyl/N-ethyl adjacent to an activating group) is 1. The van der Waals surface area contributed by atoms with Crippen molar-refractivity contribution in [2.45, 2.75) is 69.9 Å². The van der Waals surface area contributed by atoms with Crippen LogP contribution in [0.5, 0.6) is 0 Å². The molecule has 2 fully saturated rings. The average Bonchev–Trinajstić information content (AvgIpc) is 3.56. The minimum Gasteiger partial charge on any atom is -0.374 e. The maximum Gasteiger partial charge on any atom is 0.254 e. The van der Waals surface area contributed by atoms with Crippen LogP contribution in [0.2, 0.25) is 0 Å². The SMILES string of the molecule is COC1C(N(C)C(C)=C2CCC2)CC2OC1(C)n1c3ccccc3c3c4c(c5c6ccccc6n2c5c31)C(=O)NC4O. The second kappa shape index (κ2) is 8.16. The molecule has 5 heterocycles. The van der Waals surface area contributed by atoms with Crippen molar-refractivity contribution in [3.63, 3.8) is 0 Å². The molecule has 5 atom stereocenters. The summed E-state index contributed by atoms with van der Waals surface area (Å²) in [5.41, 5.74) is 7.14. The fourth-order valence-corrected chi connectivity index (χ4v) is 8.65. The molecule has 1 saturated heterocycles. The minimum atomic E-state index is -1.09. The summed E-state index contributed by atoms with van der Waals surface area (Å²) in [6.45, 7) is 4.40. The maximum atomic E-state index is 13.6. The van der Waals surface area contributed by atoms with Crippen LogP contribution in [0.4, 0.5) is 0 Å². The molecule has 42 heavy (non-hydrogen) atoms. The number of carbonyl (C=O) groups excluding carboxylic acids is 1. The molecule has 2 N–H and O–H groups in total. The zero-order valence-electron chi connectivity index (χ0n) is 24.3. The van der Waals surface area contributed by atoms with Gasteiger partial charge in [-0.3, -0.25) is 4.79 Å². The van der Waals surface area contributed by atoms with Crippen LogP contribution in [0.1, 0.15) is 67.9 Å². The molecule has 0 spiro atoms. The third kappa shape index (κ3) is 2.76. The van der Waals surface area contributed by atoms with Crippen molar-refractivity contribution in [1.29, 1.82) is 0 Å². The zero-order chi connectivity index (χ0) is 28.7. The summed E-state index contributed by atoms with van der Waals surface area (Å²) in [6.07, 6.45) is 2.60. The van der Waals surface area contributed by atoms with E-state index in [4.69, 9.17) is 9.47 Å². The number of nitrogens with zero attached hydrogens (tertiary/aromatic N) is 3. The van der Waals surface area contributed by atoms with Gasteiger partial charge in [-0.25, -0.2) is 0 Å². The van der Waals surface area contributed by atoms with E-state index < -0.39 is 12.0 Å². The number of para-hydroxylation sites is 2. The van der Waals surface area contributed by atoms with Gasteiger partial charge in [-0.1, -0.05) is 42.0 Å². The predicted octanol–water partition coefficient (Wildman–Crippen LogP) is 6.02. The van der Waals surface area contributed by atoms with E-state index in [0.29, 0.717) is 11.1 Å². The van der Waals surface area contributed by atoms with Crippen LogP contribution >= 0.6 is 0 Å². The molecule has 1 amide bonds. The van der Waals surface area contributed by atoms with E-state index in [1.54, 1.807) is 7.11 Å². The Morgan fingerprint density at radius 3 is 2.45 bits per heavy atom. The van der Waals surface area contributed by atoms with Gasteiger partial charge in [0.15, 0.2) is 12.0 Å². The van der Waals surface area contributed by atoms with Gasteiger partial charge in [0.05, 0.1) is 33.7 Å². The van der Waals surface area contributed by atoms with Crippen molar-refractivity contribution in [1.82, 2.24) is 19.4 Å². The van der Waals surface area contributed by atoms with Crippen molar-refractivity contribution in [3.05, 3.63) is 70.9 Å². The van der Waals surface area contributed by atoms with Gasteiger partial charge in [-0.2, -0.15) is 0 Å². The first-order chi connectivity index (χ1) is 20.3. The highest BCUT2D eigenvalue weighted by Crippen LogP contribution is 2.55. The van der Waals surface area contributed by atoms with Gasteiger partial charge in [0.25, 0.3) is 5.91 Å². The van der Waals surface area contributed by atoms with Crippen LogP contribution < -0.4 is 5.32 Å². The normalized spacial score (nSPS) is 28.0. The Hall–Kier alpha value is -3.85. The Morgan fingerprint density at radius 1 is 1.07 bits per heavy atom. The Kier molecular flexibility index (Phi) is 4.80. The Balaban J connectivity index is 1.48. The Morgan fingerprint density at radius 2 is 1.76 bits per heavy atom. The van der Waals surface area contributed by atoms with Crippen molar-refractivity contribution >= 4 is 49.5 Å². The van der Waals surface area contributed by atoms with Gasteiger partial charge >= 0.3 is 0 Å². The maximum absolute atomic E-state index is 13.6. The molecule has 8 nitrogen and oxygen atoms in total. The van der Waals surface area contributed by atoms with Crippen molar-refractivity contribution in [3.8, 4) is 0 Å². The van der Waals surface area contributed by atoms with E-state index in [1.807, 2.05) is 24.3 Å². The molecule has 1 saturated carbocycles. The number of hydrogen-bond acceptors (Lipinski definition) is 5. The summed E-state index contributed by atoms with van der Waals surface area (Å²) < 4.78 is 18.4. The summed E-state index contributed by atoms with van der Waals surface area (Å²) in [5.74, 6) is -0.242. The molecule has 2 aromatic heterocycles. The number of rotatable bonds is 3. The fraction of sp³-hybridized carbons (Fsp3) is 0.382. The molecule has 3 aliphatic heterocycles. The summed E-state index contributed by atoms with van der Waals surface area (Å²) >= 11 is 0. The molecule has 5 unspecified atom stereocenters. The van der Waals surface area contributed by atoms with E-state index in [0.717, 1.165) is 62.9 Å². The first kappa shape index (κ1) is 24.7. The second-order valence-electron chi connectivity index (χ2n) is 12.6. The topological polar surface area (TPSA) is 80.9 Å². The third-order valence-electron chi connectivity index (χ3n) is 10.7. The molecular weight excluding hydrogens is 528 g/mol. The number of nitrogens with one attached hydrogen (secondary N) is 1. The molecule has 4 aliphatic rings. The first-order valence-corrected chi connectivity index (χ1v) is 15.0. The fourth-order valence-electron chi connectivity index (χ4n) is 8.65. The molecule has 5 aromatic rings. The lowest BCUT2D eigenvalue weighted by Crippen LogP contribution is -2.60. The van der Waals surface area contributed by atoms with E-state index in [2.05, 4.69) is 64.5 Å². The number of methoxy groups -OCH3 is 1. The lowest BCUT2D eigenvalue weighted by Gasteiger charge is -2.51. The standard InChI is InChI=1S/C34H34N4O4/c1-17(18-10-9-11-18)36(3)23-16-24-37-21-14-7-5-12-19(21)25-27-28(33(40)35-32(27)39)26-20-13-6-8-15-22(20)38(30(26)29(25)37)34(2,42-24)31(23)41-4/h5-8,12-15,23-24,31,33,40H,9-11,16H2,1-4H3,(H,35,39). The highest BCUT2D eigenvalue weighted by Gasteiger charge is 2.54. The number of amides is 1. The van der Waals surface area contributed by atoms with Crippen LogP contribution in [0.15, 0.2) is 59.8 Å². The van der Waals surface area contributed by atoms with Crippen molar-refractivity contribution in [2.75, 3.05) is 14.2 Å². The van der Waals surface area contributed by atoms with Gasteiger partial charge in [-0.05, 0) is 45.2 Å². The Bertz CT molecular complexity index is 2050. The van der Waals surface area contributed by atoms with E-state index >= 15 is 0 Å². The lowest BCUT2D eigenvalue weighted by atomic mass is 9.88. The van der Waals surface area contributed by atoms with Gasteiger partial charge in [0, 0.05) is 53.4 Å². The van der Waals surface area contributed by atoms with E-state index in [1.165, 1.54) is 17.7 Å². The monoisotopic (exact) mass is 562 g/mol. The van der Waals surface area contributed by atoms with Crippen LogP contribution in [0.25, 0.3) is 43.6 Å². The first-order valence-electron chi connectivity index (χ1n) is 15.0. The molecule has 8 heteroatoms. The van der Waals surface area contributed by atoms with Gasteiger partial charge in [0.2, 0.25) is 0 Å². The van der Waals surface area contributed by atoms with Gasteiger partial charge in [0.1, 0.15) is 12.3 Å². The number of hydrogen-bond donors (Lipinski definition) is 2. The zero-order valence-corrected chi connectivity index (χ0v) is 24.3. The number of aromatic nitrogens is 2. The van der Waals surface area contributed by atoms with Crippen LogP contribution in [0.3, 0.4) is 0 Å². The number of aliphatic hydroxyl groups excluding tert-OH is 1.